The molecule has 2 saturated carbocycles. The van der Waals surface area contributed by atoms with E-state index >= 15 is 0 Å². The zero-order valence-electron chi connectivity index (χ0n) is 12.9. The quantitative estimate of drug-likeness (QED) is 0.725. The molecule has 0 spiro atoms. The number of benzene rings is 1. The van der Waals surface area contributed by atoms with E-state index in [0.717, 1.165) is 10.4 Å². The van der Waals surface area contributed by atoms with Gasteiger partial charge in [0.05, 0.1) is 18.2 Å². The first-order valence-corrected chi connectivity index (χ1v) is 8.06. The van der Waals surface area contributed by atoms with Crippen LogP contribution in [0.3, 0.4) is 0 Å². The molecule has 5 heteroatoms. The van der Waals surface area contributed by atoms with Crippen molar-refractivity contribution >= 4 is 21.8 Å². The summed E-state index contributed by atoms with van der Waals surface area (Å²) >= 11 is 3.33. The molecule has 2 fully saturated rings. The smallest absolute Gasteiger partial charge is 0.394 e. The Morgan fingerprint density at radius 1 is 1.00 bits per heavy atom. The van der Waals surface area contributed by atoms with Gasteiger partial charge in [-0.2, -0.15) is 0 Å². The van der Waals surface area contributed by atoms with Crippen LogP contribution >= 0.6 is 15.9 Å². The molecule has 2 aliphatic carbocycles. The van der Waals surface area contributed by atoms with Crippen LogP contribution in [0.1, 0.15) is 10.4 Å². The Morgan fingerprint density at radius 2 is 1.54 bits per heavy atom. The Morgan fingerprint density at radius 3 is 2.04 bits per heavy atom. The van der Waals surface area contributed by atoms with E-state index in [2.05, 4.69) is 21.2 Å². The molecule has 0 bridgehead atoms. The van der Waals surface area contributed by atoms with Crippen molar-refractivity contribution in [3.63, 3.8) is 0 Å². The van der Waals surface area contributed by atoms with Gasteiger partial charge in [0.15, 0.2) is 0 Å². The van der Waals surface area contributed by atoms with Crippen molar-refractivity contribution in [3.05, 3.63) is 98.0 Å². The van der Waals surface area contributed by atoms with Gasteiger partial charge < -0.3 is 10.4 Å². The third-order valence-electron chi connectivity index (χ3n) is 3.25. The number of hydrogen-bond acceptors (Lipinski definition) is 2. The summed E-state index contributed by atoms with van der Waals surface area (Å²) in [6.45, 7) is -0.125. The van der Waals surface area contributed by atoms with Crippen LogP contribution in [0.2, 0.25) is 0 Å². The number of hydrogen-bond donors (Lipinski definition) is 2. The molecule has 1 aromatic rings. The van der Waals surface area contributed by atoms with Gasteiger partial charge in [-0.15, -0.1) is 0 Å². The Bertz CT molecular complexity index is 480. The fourth-order valence-electron chi connectivity index (χ4n) is 2.06. The van der Waals surface area contributed by atoms with Crippen molar-refractivity contribution in [2.24, 2.45) is 0 Å². The fraction of sp³-hybridized carbons (Fsp3) is 0.105. The minimum absolute atomic E-state index is 0. The molecule has 10 radical (unpaired) electrons. The van der Waals surface area contributed by atoms with Crippen LogP contribution in [0.15, 0.2) is 28.7 Å². The number of aliphatic hydroxyl groups excluding tert-OH is 1. The summed E-state index contributed by atoms with van der Waals surface area (Å²) < 4.78 is 0.738. The molecule has 0 saturated heterocycles. The van der Waals surface area contributed by atoms with E-state index in [0.29, 0.717) is 5.56 Å². The largest absolute Gasteiger partial charge is 2.00 e. The molecule has 3 nitrogen and oxygen atoms in total. The summed E-state index contributed by atoms with van der Waals surface area (Å²) in [5, 5.41) is 12.1. The monoisotopic (exact) mass is 427 g/mol. The Balaban J connectivity index is 0.000000412. The summed E-state index contributed by atoms with van der Waals surface area (Å²) in [5.74, 6) is 0.695. The van der Waals surface area contributed by atoms with Crippen molar-refractivity contribution in [3.8, 4) is 0 Å². The van der Waals surface area contributed by atoms with Gasteiger partial charge in [0.25, 0.3) is 5.91 Å². The minimum atomic E-state index is -0.375. The zero-order chi connectivity index (χ0) is 16.5. The summed E-state index contributed by atoms with van der Waals surface area (Å²) in [7, 11) is 0. The molecule has 0 aromatic heterocycles. The van der Waals surface area contributed by atoms with Crippen LogP contribution in [0.25, 0.3) is 0 Å². The first-order chi connectivity index (χ1) is 11.2. The molecule has 2 aliphatic rings. The van der Waals surface area contributed by atoms with E-state index < -0.39 is 0 Å². The normalized spacial score (nSPS) is 18.2. The average Bonchev–Trinajstić information content (AvgIpc) is 3.28. The van der Waals surface area contributed by atoms with Crippen LogP contribution in [0.4, 0.5) is 0 Å². The third-order valence-corrected chi connectivity index (χ3v) is 3.94. The van der Waals surface area contributed by atoms with Crippen molar-refractivity contribution in [1.82, 2.24) is 5.32 Å². The summed E-state index contributed by atoms with van der Waals surface area (Å²) in [4.78, 5) is 12.1. The molecule has 0 unspecified atom stereocenters. The van der Waals surface area contributed by atoms with Crippen LogP contribution in [-0.4, -0.2) is 23.7 Å². The zero-order valence-corrected chi connectivity index (χ0v) is 15.6. The second kappa shape index (κ2) is 12.1. The van der Waals surface area contributed by atoms with E-state index in [1.807, 2.05) is 69.9 Å². The maximum atomic E-state index is 12.1. The number of carbonyl (C=O) groups excluding carboxylic acids is 1. The second-order valence-electron chi connectivity index (χ2n) is 4.87. The van der Waals surface area contributed by atoms with Crippen LogP contribution in [-0.2, 0) is 17.1 Å². The number of amides is 1. The first-order valence-electron chi connectivity index (χ1n) is 7.27. The van der Waals surface area contributed by atoms with Crippen LogP contribution in [0, 0.1) is 63.7 Å². The molecule has 1 aromatic carbocycles. The molecule has 1 amide bonds. The molecule has 0 heterocycles. The van der Waals surface area contributed by atoms with Gasteiger partial charge in [0, 0.05) is 10.4 Å². The second-order valence-corrected chi connectivity index (χ2v) is 5.72. The summed E-state index contributed by atoms with van der Waals surface area (Å²) in [6.07, 6.45) is 17.5. The van der Waals surface area contributed by atoms with E-state index in [4.69, 9.17) is 0 Å². The van der Waals surface area contributed by atoms with Gasteiger partial charge in [-0.1, -0.05) is 12.1 Å². The fourth-order valence-corrected chi connectivity index (χ4v) is 2.52. The number of rotatable bonds is 4. The number of carbonyl (C=O) groups is 1. The molecule has 2 N–H and O–H groups in total. The van der Waals surface area contributed by atoms with E-state index in [-0.39, 0.29) is 35.6 Å². The van der Waals surface area contributed by atoms with Gasteiger partial charge in [-0.3, -0.25) is 4.79 Å². The third kappa shape index (κ3) is 6.87. The molecule has 1 atom stereocenters. The molecular formula is C19H18BrFeNO2+2. The SMILES string of the molecule is O=C(N[C@H](CO)[C]1[CH][CH][CH][CH]1)c1ccccc1Br.[CH]1[CH][CH][CH][CH]1.[Fe+2]. The molecule has 3 rings (SSSR count). The van der Waals surface area contributed by atoms with Gasteiger partial charge in [-0.05, 0) is 85.9 Å². The summed E-state index contributed by atoms with van der Waals surface area (Å²) in [5.41, 5.74) is 0.558. The predicted octanol–water partition coefficient (Wildman–Crippen LogP) is 2.96. The van der Waals surface area contributed by atoms with E-state index in [1.54, 1.807) is 12.1 Å². The van der Waals surface area contributed by atoms with Gasteiger partial charge >= 0.3 is 17.1 Å². The Hall–Kier alpha value is -0.351. The van der Waals surface area contributed by atoms with Crippen molar-refractivity contribution < 1.29 is 27.0 Å². The van der Waals surface area contributed by atoms with Crippen molar-refractivity contribution in [2.75, 3.05) is 6.61 Å². The molecule has 124 valence electrons. The first kappa shape index (κ1) is 21.7. The number of aliphatic hydroxyl groups is 1. The molecule has 0 aliphatic heterocycles. The maximum absolute atomic E-state index is 12.1. The van der Waals surface area contributed by atoms with Crippen molar-refractivity contribution in [2.45, 2.75) is 6.04 Å². The average molecular weight is 428 g/mol. The standard InChI is InChI=1S/C14H13BrNO2.C5H5.Fe/c15-12-8-4-3-7-11(12)14(18)16-13(9-17)10-5-1-2-6-10;1-2-4-5-3-1;/h1-8,13,17H,9H2,(H,16,18);1-5H;/q;;+2/t13-;;/m1../s1. The topological polar surface area (TPSA) is 49.3 Å². The van der Waals surface area contributed by atoms with Gasteiger partial charge in [0.2, 0.25) is 0 Å². The minimum Gasteiger partial charge on any atom is -0.394 e. The Kier molecular flexibility index (Phi) is 10.9. The van der Waals surface area contributed by atoms with E-state index in [9.17, 15) is 9.90 Å². The van der Waals surface area contributed by atoms with Crippen LogP contribution in [0.5, 0.6) is 0 Å². The molecule has 24 heavy (non-hydrogen) atoms. The van der Waals surface area contributed by atoms with Crippen LogP contribution < -0.4 is 5.32 Å². The number of halogens is 1. The predicted molar refractivity (Wildman–Crippen MR) is 94.4 cm³/mol. The summed E-state index contributed by atoms with van der Waals surface area (Å²) in [6, 6.07) is 6.82. The molecular weight excluding hydrogens is 410 g/mol. The number of nitrogens with one attached hydrogen (secondary N) is 1. The maximum Gasteiger partial charge on any atom is 2.00 e. The van der Waals surface area contributed by atoms with Gasteiger partial charge in [0.1, 0.15) is 0 Å². The Labute approximate surface area is 164 Å². The van der Waals surface area contributed by atoms with Crippen molar-refractivity contribution in [1.29, 1.82) is 0 Å². The van der Waals surface area contributed by atoms with Gasteiger partial charge in [-0.25, -0.2) is 0 Å². The van der Waals surface area contributed by atoms with E-state index in [1.165, 1.54) is 0 Å².